The first-order chi connectivity index (χ1) is 2.50. The molecule has 0 spiro atoms. The fourth-order valence-corrected chi connectivity index (χ4v) is 0.321. The Morgan fingerprint density at radius 3 is 1.57 bits per heavy atom. The van der Waals surface area contributed by atoms with Crippen molar-refractivity contribution in [2.24, 2.45) is 0 Å². The van der Waals surface area contributed by atoms with Crippen molar-refractivity contribution in [1.82, 2.24) is 0 Å². The van der Waals surface area contributed by atoms with Crippen molar-refractivity contribution in [2.45, 2.75) is 0 Å². The summed E-state index contributed by atoms with van der Waals surface area (Å²) >= 11 is 0. The van der Waals surface area contributed by atoms with Crippen LogP contribution in [0.2, 0.25) is 0 Å². The average Bonchev–Trinajstić information content (AvgIpc) is 1.76. The van der Waals surface area contributed by atoms with Crippen LogP contribution in [0.15, 0.2) is 24.6 Å². The molecule has 2 nitrogen and oxygen atoms in total. The first kappa shape index (κ1) is 10.4. The van der Waals surface area contributed by atoms with Gasteiger partial charge in [0.25, 0.3) is 0 Å². The number of hydrogen-bond donors (Lipinski definition) is 1. The van der Waals surface area contributed by atoms with Gasteiger partial charge >= 0.3 is 0 Å². The van der Waals surface area contributed by atoms with Gasteiger partial charge in [-0.05, 0) is 12.2 Å². The van der Waals surface area contributed by atoms with E-state index in [1.54, 1.807) is 0 Å². The van der Waals surface area contributed by atoms with Gasteiger partial charge in [-0.15, -0.1) is 0 Å². The van der Waals surface area contributed by atoms with Gasteiger partial charge < -0.3 is 5.48 Å². The van der Waals surface area contributed by atoms with Crippen LogP contribution in [0.1, 0.15) is 0 Å². The van der Waals surface area contributed by atoms with Crippen molar-refractivity contribution >= 4 is 29.6 Å². The molecule has 1 heterocycles. The van der Waals surface area contributed by atoms with Crippen LogP contribution in [-0.4, -0.2) is 35.0 Å². The summed E-state index contributed by atoms with van der Waals surface area (Å²) in [6, 6.07) is 0. The smallest absolute Gasteiger partial charge is 0.0973 e. The standard InChI is InChI=1S/C4H5N.Na.H2O/c1-2-4-5-3-1;;/h1-5H;;1H2. The Hall–Kier alpha value is 0.400. The van der Waals surface area contributed by atoms with Crippen LogP contribution in [0.3, 0.4) is 0 Å². The van der Waals surface area contributed by atoms with Gasteiger partial charge in [0.1, 0.15) is 0 Å². The Morgan fingerprint density at radius 1 is 1.00 bits per heavy atom. The second-order valence-electron chi connectivity index (χ2n) is 0.962. The minimum atomic E-state index is 0. The van der Waals surface area contributed by atoms with E-state index in [1.165, 1.54) is 0 Å². The molecule has 0 fully saturated rings. The molecule has 3 N–H and O–H groups in total. The molecule has 35 valence electrons. The number of nitrogens with two attached hydrogens (primary N) is 1. The van der Waals surface area contributed by atoms with Gasteiger partial charge in [-0.1, -0.05) is 0 Å². The molecular formula is C4H7NNaO. The molecule has 0 saturated carbocycles. The molecule has 0 atom stereocenters. The van der Waals surface area contributed by atoms with E-state index in [0.29, 0.717) is 0 Å². The summed E-state index contributed by atoms with van der Waals surface area (Å²) in [4.78, 5) is 0. The second kappa shape index (κ2) is 6.40. The second-order valence-corrected chi connectivity index (χ2v) is 0.962. The first-order valence-corrected chi connectivity index (χ1v) is 1.67. The summed E-state index contributed by atoms with van der Waals surface area (Å²) in [5.41, 5.74) is 0. The van der Waals surface area contributed by atoms with Gasteiger partial charge in [0.15, 0.2) is 0 Å². The van der Waals surface area contributed by atoms with Crippen LogP contribution >= 0.6 is 0 Å². The molecule has 0 amide bonds. The van der Waals surface area contributed by atoms with Gasteiger partial charge in [0.05, 0.1) is 12.4 Å². The molecule has 1 rings (SSSR count). The Labute approximate surface area is 64.9 Å². The van der Waals surface area contributed by atoms with E-state index in [1.807, 2.05) is 29.9 Å². The Bertz CT molecular complexity index is 69.8. The number of quaternary nitrogens is 1. The van der Waals surface area contributed by atoms with Crippen molar-refractivity contribution < 1.29 is 10.8 Å². The van der Waals surface area contributed by atoms with Gasteiger partial charge in [0.2, 0.25) is 0 Å². The van der Waals surface area contributed by atoms with Crippen LogP contribution in [0.4, 0.5) is 0 Å². The maximum atomic E-state index is 2.00. The fraction of sp³-hybridized carbons (Fsp3) is 0. The van der Waals surface area contributed by atoms with Crippen LogP contribution < -0.4 is 5.32 Å². The quantitative estimate of drug-likeness (QED) is 0.399. The zero-order valence-electron chi connectivity index (χ0n) is 4.33. The molecule has 1 aliphatic rings. The number of hydrogen-bond acceptors (Lipinski definition) is 1. The third kappa shape index (κ3) is 4.25. The molecule has 1 radical (unpaired) electrons. The third-order valence-electron chi connectivity index (χ3n) is 0.556. The first-order valence-electron chi connectivity index (χ1n) is 1.67. The zero-order chi connectivity index (χ0) is 3.54. The zero-order valence-corrected chi connectivity index (χ0v) is 6.33. The summed E-state index contributed by atoms with van der Waals surface area (Å²) in [5, 5.41) is 2.00. The molecule has 0 aromatic carbocycles. The molecule has 0 unspecified atom stereocenters. The van der Waals surface area contributed by atoms with Crippen LogP contribution in [0.5, 0.6) is 0 Å². The van der Waals surface area contributed by atoms with E-state index in [2.05, 4.69) is 0 Å². The van der Waals surface area contributed by atoms with E-state index >= 15 is 0 Å². The molecule has 0 bridgehead atoms. The summed E-state index contributed by atoms with van der Waals surface area (Å²) < 4.78 is 0. The summed E-state index contributed by atoms with van der Waals surface area (Å²) in [6.07, 6.45) is 8.00. The topological polar surface area (TPSA) is 46.6 Å². The molecule has 7 heavy (non-hydrogen) atoms. The maximum absolute atomic E-state index is 2.00. The predicted octanol–water partition coefficient (Wildman–Crippen LogP) is -0.967. The molecule has 3 heteroatoms. The van der Waals surface area contributed by atoms with E-state index in [0.717, 1.165) is 0 Å². The van der Waals surface area contributed by atoms with Gasteiger partial charge in [0, 0.05) is 29.6 Å². The third-order valence-corrected chi connectivity index (χ3v) is 0.556. The average molecular weight is 108 g/mol. The van der Waals surface area contributed by atoms with E-state index in [-0.39, 0.29) is 35.0 Å². The summed E-state index contributed by atoms with van der Waals surface area (Å²) in [5.74, 6) is 0. The predicted molar refractivity (Wildman–Crippen MR) is 27.9 cm³/mol. The van der Waals surface area contributed by atoms with Crippen LogP contribution in [0, 0.1) is 0 Å². The van der Waals surface area contributed by atoms with Crippen molar-refractivity contribution in [1.29, 1.82) is 0 Å². The molecule has 0 aromatic rings. The number of allylic oxidation sites excluding steroid dienone is 2. The van der Waals surface area contributed by atoms with Gasteiger partial charge in [-0.2, -0.15) is 0 Å². The van der Waals surface area contributed by atoms with Crippen molar-refractivity contribution in [3.63, 3.8) is 0 Å². The Kier molecular flexibility index (Phi) is 9.50. The van der Waals surface area contributed by atoms with Crippen LogP contribution in [-0.2, 0) is 0 Å². The minimum absolute atomic E-state index is 0. The van der Waals surface area contributed by atoms with Crippen LogP contribution in [0.25, 0.3) is 0 Å². The molecule has 0 saturated heterocycles. The SMILES string of the molecule is C1=C[NH2+]C=C1.[Na].[OH-]. The van der Waals surface area contributed by atoms with Crippen molar-refractivity contribution in [3.05, 3.63) is 24.6 Å². The molecule has 0 aliphatic carbocycles. The summed E-state index contributed by atoms with van der Waals surface area (Å²) in [7, 11) is 0. The van der Waals surface area contributed by atoms with E-state index in [9.17, 15) is 0 Å². The van der Waals surface area contributed by atoms with Crippen molar-refractivity contribution in [2.75, 3.05) is 0 Å². The Balaban J connectivity index is 0. The molecular weight excluding hydrogens is 101 g/mol. The Morgan fingerprint density at radius 2 is 1.43 bits per heavy atom. The van der Waals surface area contributed by atoms with Crippen molar-refractivity contribution in [3.8, 4) is 0 Å². The van der Waals surface area contributed by atoms with Gasteiger partial charge in [-0.3, -0.25) is 5.32 Å². The number of rotatable bonds is 0. The fourth-order valence-electron chi connectivity index (χ4n) is 0.321. The monoisotopic (exact) mass is 108 g/mol. The summed E-state index contributed by atoms with van der Waals surface area (Å²) in [6.45, 7) is 0. The normalized spacial score (nSPS) is 12.6. The minimum Gasteiger partial charge on any atom is -0.870 e. The van der Waals surface area contributed by atoms with Gasteiger partial charge in [-0.25, -0.2) is 0 Å². The largest absolute Gasteiger partial charge is 0.870 e. The maximum Gasteiger partial charge on any atom is 0.0973 e. The van der Waals surface area contributed by atoms with E-state index in [4.69, 9.17) is 0 Å². The van der Waals surface area contributed by atoms with E-state index < -0.39 is 0 Å². The molecule has 0 aromatic heterocycles. The molecule has 1 aliphatic heterocycles.